The summed E-state index contributed by atoms with van der Waals surface area (Å²) in [5.74, 6) is -0.824. The van der Waals surface area contributed by atoms with Crippen molar-refractivity contribution in [1.29, 1.82) is 0 Å². The van der Waals surface area contributed by atoms with Crippen LogP contribution in [0.4, 0.5) is 4.39 Å². The van der Waals surface area contributed by atoms with Crippen LogP contribution in [0.25, 0.3) is 10.9 Å². The first-order chi connectivity index (χ1) is 11.6. The highest BCUT2D eigenvalue weighted by Gasteiger charge is 2.24. The number of aromatic amines is 1. The molecule has 120 valence electrons. The number of aromatic nitrogens is 1. The van der Waals surface area contributed by atoms with Gasteiger partial charge in [-0.25, -0.2) is 9.38 Å². The zero-order chi connectivity index (χ0) is 17.1. The van der Waals surface area contributed by atoms with Gasteiger partial charge in [0.15, 0.2) is 0 Å². The normalized spacial score (nSPS) is 12.8. The third-order valence-corrected chi connectivity index (χ3v) is 3.61. The molecule has 4 rings (SSSR count). The number of H-pyrrole nitrogens is 1. The van der Waals surface area contributed by atoms with Crippen molar-refractivity contribution in [3.05, 3.63) is 71.2 Å². The molecular formula is C18H14FN3O2. The highest BCUT2D eigenvalue weighted by atomic mass is 19.1. The molecule has 0 spiro atoms. The van der Waals surface area contributed by atoms with Crippen molar-refractivity contribution in [3.8, 4) is 0 Å². The van der Waals surface area contributed by atoms with Crippen LogP contribution in [-0.4, -0.2) is 22.9 Å². The number of nitrogens with two attached hydrogens (primary N) is 1. The van der Waals surface area contributed by atoms with E-state index in [2.05, 4.69) is 9.98 Å². The number of fused-ring (bicyclic) bond motifs is 3. The van der Waals surface area contributed by atoms with E-state index in [0.29, 0.717) is 17.8 Å². The van der Waals surface area contributed by atoms with Gasteiger partial charge in [-0.1, -0.05) is 30.3 Å². The second-order valence-corrected chi connectivity index (χ2v) is 5.18. The lowest BCUT2D eigenvalue weighted by Crippen LogP contribution is -2.14. The fourth-order valence-electron chi connectivity index (χ4n) is 2.43. The van der Waals surface area contributed by atoms with Crippen molar-refractivity contribution in [2.75, 3.05) is 0 Å². The van der Waals surface area contributed by atoms with Gasteiger partial charge < -0.3 is 10.7 Å². The van der Waals surface area contributed by atoms with Gasteiger partial charge in [0.05, 0.1) is 11.8 Å². The summed E-state index contributed by atoms with van der Waals surface area (Å²) in [7, 11) is 0. The summed E-state index contributed by atoms with van der Waals surface area (Å²) < 4.78 is 12.2. The highest BCUT2D eigenvalue weighted by molar-refractivity contribution is 6.44. The number of Topliss-reactive ketones (excluding diaryl/α,β-unsaturated/α-hetero) is 1. The molecule has 24 heavy (non-hydrogen) atoms. The highest BCUT2D eigenvalue weighted by Crippen LogP contribution is 2.24. The van der Waals surface area contributed by atoms with E-state index in [9.17, 15) is 14.0 Å². The molecule has 1 aliphatic rings. The minimum Gasteiger partial charge on any atom is -0.350 e. The van der Waals surface area contributed by atoms with Gasteiger partial charge in [-0.3, -0.25) is 9.59 Å². The summed E-state index contributed by atoms with van der Waals surface area (Å²) in [5.41, 5.74) is 7.75. The van der Waals surface area contributed by atoms with Crippen molar-refractivity contribution >= 4 is 28.8 Å². The minimum atomic E-state index is -0.388. The van der Waals surface area contributed by atoms with Crippen molar-refractivity contribution in [2.24, 2.45) is 10.7 Å². The summed E-state index contributed by atoms with van der Waals surface area (Å²) in [6, 6.07) is 13.5. The van der Waals surface area contributed by atoms with Gasteiger partial charge in [0.25, 0.3) is 5.91 Å². The van der Waals surface area contributed by atoms with Gasteiger partial charge in [-0.2, -0.15) is 0 Å². The van der Waals surface area contributed by atoms with Gasteiger partial charge in [-0.15, -0.1) is 0 Å². The number of rotatable bonds is 1. The Bertz CT molecular complexity index is 943. The summed E-state index contributed by atoms with van der Waals surface area (Å²) in [5, 5.41) is 0.775. The maximum absolute atomic E-state index is 12.2. The molecule has 2 aromatic carbocycles. The maximum Gasteiger partial charge on any atom is 0.294 e. The first-order valence-corrected chi connectivity index (χ1v) is 7.28. The lowest BCUT2D eigenvalue weighted by Gasteiger charge is -2.01. The van der Waals surface area contributed by atoms with Gasteiger partial charge in [-0.05, 0) is 23.8 Å². The van der Waals surface area contributed by atoms with Crippen LogP contribution in [0.15, 0.2) is 53.5 Å². The zero-order valence-electron chi connectivity index (χ0n) is 12.6. The van der Waals surface area contributed by atoms with E-state index in [-0.39, 0.29) is 17.5 Å². The number of halogens is 1. The average molecular weight is 323 g/mol. The number of amides is 1. The molecule has 0 unspecified atom stereocenters. The Morgan fingerprint density at radius 1 is 1.04 bits per heavy atom. The number of carbonyl (C=O) groups excluding carboxylic acids is 2. The van der Waals surface area contributed by atoms with Crippen molar-refractivity contribution in [1.82, 2.24) is 4.98 Å². The topological polar surface area (TPSA) is 88.3 Å². The predicted octanol–water partition coefficient (Wildman–Crippen LogP) is 2.86. The largest absolute Gasteiger partial charge is 0.350 e. The zero-order valence-corrected chi connectivity index (χ0v) is 12.6. The molecule has 0 aliphatic carbocycles. The number of hydrogen-bond acceptors (Lipinski definition) is 3. The third kappa shape index (κ3) is 3.00. The fraction of sp³-hybridized carbons (Fsp3) is 0.0556. The summed E-state index contributed by atoms with van der Waals surface area (Å²) >= 11 is 0. The lowest BCUT2D eigenvalue weighted by atomic mass is 10.1. The van der Waals surface area contributed by atoms with E-state index in [1.54, 1.807) is 12.1 Å². The van der Waals surface area contributed by atoms with Crippen molar-refractivity contribution in [3.63, 3.8) is 0 Å². The average Bonchev–Trinajstić information content (AvgIpc) is 3.00. The van der Waals surface area contributed by atoms with Gasteiger partial charge in [0.2, 0.25) is 5.78 Å². The van der Waals surface area contributed by atoms with E-state index in [1.807, 2.05) is 24.3 Å². The smallest absolute Gasteiger partial charge is 0.294 e. The molecule has 3 aromatic rings. The van der Waals surface area contributed by atoms with Crippen LogP contribution in [0.5, 0.6) is 0 Å². The predicted molar refractivity (Wildman–Crippen MR) is 89.7 cm³/mol. The van der Waals surface area contributed by atoms with Crippen molar-refractivity contribution < 1.29 is 14.0 Å². The molecule has 6 heteroatoms. The number of para-hydroxylation sites is 1. The lowest BCUT2D eigenvalue weighted by molar-refractivity contribution is 0.0974. The Morgan fingerprint density at radius 2 is 1.75 bits per heavy atom. The van der Waals surface area contributed by atoms with Crippen LogP contribution in [-0.2, 0) is 6.54 Å². The minimum absolute atomic E-state index is 0.216. The quantitative estimate of drug-likeness (QED) is 0.721. The number of hydrogen-bond donors (Lipinski definition) is 2. The van der Waals surface area contributed by atoms with E-state index in [1.165, 1.54) is 12.1 Å². The number of benzene rings is 2. The van der Waals surface area contributed by atoms with Gasteiger partial charge >= 0.3 is 0 Å². The molecule has 1 aliphatic heterocycles. The Balaban J connectivity index is 0.000000162. The SMILES string of the molecule is NCc1ccc(F)cc1.O=C1N=CC(=O)c2c1[nH]c1ccccc21. The monoisotopic (exact) mass is 323 g/mol. The Hall–Kier alpha value is -3.12. The molecule has 0 saturated carbocycles. The van der Waals surface area contributed by atoms with Crippen LogP contribution in [0.2, 0.25) is 0 Å². The molecular weight excluding hydrogens is 309 g/mol. The second-order valence-electron chi connectivity index (χ2n) is 5.18. The molecule has 0 saturated heterocycles. The van der Waals surface area contributed by atoms with Gasteiger partial charge in [0.1, 0.15) is 11.5 Å². The van der Waals surface area contributed by atoms with Crippen molar-refractivity contribution in [2.45, 2.75) is 6.54 Å². The van der Waals surface area contributed by atoms with Gasteiger partial charge in [0, 0.05) is 17.4 Å². The van der Waals surface area contributed by atoms with E-state index in [4.69, 9.17) is 5.73 Å². The number of carbonyl (C=O) groups is 2. The second kappa shape index (κ2) is 6.55. The molecule has 3 N–H and O–H groups in total. The fourth-order valence-corrected chi connectivity index (χ4v) is 2.43. The molecule has 1 aromatic heterocycles. The Kier molecular flexibility index (Phi) is 4.31. The molecule has 0 fully saturated rings. The number of ketones is 1. The molecule has 0 radical (unpaired) electrons. The number of nitrogens with one attached hydrogen (secondary N) is 1. The molecule has 2 heterocycles. The Labute approximate surface area is 137 Å². The Morgan fingerprint density at radius 3 is 2.46 bits per heavy atom. The van der Waals surface area contributed by atoms with Crippen LogP contribution >= 0.6 is 0 Å². The van der Waals surface area contributed by atoms with Crippen LogP contribution < -0.4 is 5.73 Å². The summed E-state index contributed by atoms with van der Waals surface area (Å²) in [6.07, 6.45) is 1.07. The van der Waals surface area contributed by atoms with E-state index < -0.39 is 0 Å². The standard InChI is InChI=1S/C11H6N2O2.C7H8FN/c14-8-5-12-11(15)10-9(8)6-3-1-2-4-7(6)13-10;8-7-3-1-6(5-9)2-4-7/h1-5,13H;1-4H,5,9H2. The molecule has 0 bridgehead atoms. The number of aliphatic imine (C=N–C) groups is 1. The van der Waals surface area contributed by atoms with Crippen LogP contribution in [0.1, 0.15) is 26.4 Å². The summed E-state index contributed by atoms with van der Waals surface area (Å²) in [6.45, 7) is 0.472. The van der Waals surface area contributed by atoms with Crippen LogP contribution in [0.3, 0.4) is 0 Å². The van der Waals surface area contributed by atoms with Crippen LogP contribution in [0, 0.1) is 5.82 Å². The molecule has 0 atom stereocenters. The van der Waals surface area contributed by atoms with E-state index >= 15 is 0 Å². The molecule has 1 amide bonds. The first kappa shape index (κ1) is 15.8. The third-order valence-electron chi connectivity index (χ3n) is 3.61. The maximum atomic E-state index is 12.2. The van der Waals surface area contributed by atoms with E-state index in [0.717, 1.165) is 22.7 Å². The summed E-state index contributed by atoms with van der Waals surface area (Å²) in [4.78, 5) is 29.4. The first-order valence-electron chi connectivity index (χ1n) is 7.28. The molecule has 5 nitrogen and oxygen atoms in total. The number of nitrogens with zero attached hydrogens (tertiary/aromatic N) is 1.